The van der Waals surface area contributed by atoms with E-state index in [0.29, 0.717) is 0 Å². The molecule has 0 spiro atoms. The summed E-state index contributed by atoms with van der Waals surface area (Å²) < 4.78 is 0. The van der Waals surface area contributed by atoms with Crippen LogP contribution in [0.15, 0.2) is 11.6 Å². The van der Waals surface area contributed by atoms with Crippen molar-refractivity contribution in [1.82, 2.24) is 14.7 Å². The van der Waals surface area contributed by atoms with Gasteiger partial charge >= 0.3 is 0 Å². The van der Waals surface area contributed by atoms with E-state index in [9.17, 15) is 0 Å². The van der Waals surface area contributed by atoms with Crippen LogP contribution in [0.3, 0.4) is 0 Å². The molecule has 12 bridgehead atoms. The maximum absolute atomic E-state index is 2.74. The quantitative estimate of drug-likeness (QED) is 0.293. The van der Waals surface area contributed by atoms with E-state index < -0.39 is 0 Å². The third-order valence-electron chi connectivity index (χ3n) is 13.5. The van der Waals surface area contributed by atoms with Gasteiger partial charge in [0.1, 0.15) is 0 Å². The molecule has 3 aliphatic carbocycles. The third-order valence-corrected chi connectivity index (χ3v) is 13.5. The fraction of sp³-hybridized carbons (Fsp3) is 0.951. The van der Waals surface area contributed by atoms with Crippen molar-refractivity contribution in [3.8, 4) is 0 Å². The second-order valence-electron chi connectivity index (χ2n) is 18.1. The van der Waals surface area contributed by atoms with E-state index >= 15 is 0 Å². The molecule has 0 N–H and O–H groups in total. The zero-order valence-corrected chi connectivity index (χ0v) is 27.8. The minimum Gasteiger partial charge on any atom is -0.302 e. The molecule has 6 unspecified atom stereocenters. The SMILES string of the molecule is C.C.C.CC(C)C1C2CC3CC1CN(C3)C2.CC(C)C=C1C2CC3CC1CN(C3)C2.CC(C)CC1C2CC3CC1CN(C3)C2. The van der Waals surface area contributed by atoms with Crippen molar-refractivity contribution in [3.63, 3.8) is 0 Å². The van der Waals surface area contributed by atoms with Crippen molar-refractivity contribution in [2.24, 2.45) is 82.9 Å². The largest absolute Gasteiger partial charge is 0.302 e. The van der Waals surface area contributed by atoms with Gasteiger partial charge in [-0.15, -0.1) is 0 Å². The maximum Gasteiger partial charge on any atom is 0.00476 e. The number of hydrogen-bond donors (Lipinski definition) is 0. The highest BCUT2D eigenvalue weighted by Gasteiger charge is 2.49. The summed E-state index contributed by atoms with van der Waals surface area (Å²) in [7, 11) is 0. The minimum atomic E-state index is 0. The normalized spacial score (nSPS) is 46.1. The first kappa shape index (κ1) is 36.5. The van der Waals surface area contributed by atoms with E-state index in [1.54, 1.807) is 25.7 Å². The van der Waals surface area contributed by atoms with E-state index in [-0.39, 0.29) is 22.3 Å². The molecular weight excluding hydrogens is 534 g/mol. The summed E-state index contributed by atoms with van der Waals surface area (Å²) in [5.74, 6) is 14.1. The second-order valence-corrected chi connectivity index (χ2v) is 18.1. The molecule has 0 aromatic rings. The van der Waals surface area contributed by atoms with Gasteiger partial charge in [0.05, 0.1) is 0 Å². The molecular formula is C41H77N3. The Hall–Kier alpha value is -0.380. The number of allylic oxidation sites excluding steroid dienone is 1. The lowest BCUT2D eigenvalue weighted by molar-refractivity contribution is -0.0797. The smallest absolute Gasteiger partial charge is 0.00476 e. The van der Waals surface area contributed by atoms with Crippen molar-refractivity contribution < 1.29 is 0 Å². The molecule has 12 fully saturated rings. The molecule has 12 rings (SSSR count). The highest BCUT2D eigenvalue weighted by Crippen LogP contribution is 2.51. The van der Waals surface area contributed by atoms with Gasteiger partial charge in [0.15, 0.2) is 0 Å². The third kappa shape index (κ3) is 7.51. The van der Waals surface area contributed by atoms with Crippen molar-refractivity contribution in [2.45, 2.75) is 109 Å². The van der Waals surface area contributed by atoms with E-state index in [4.69, 9.17) is 0 Å². The van der Waals surface area contributed by atoms with Crippen LogP contribution in [-0.4, -0.2) is 73.6 Å². The van der Waals surface area contributed by atoms with Crippen LogP contribution in [0.2, 0.25) is 0 Å². The Kier molecular flexibility index (Phi) is 12.3. The van der Waals surface area contributed by atoms with Crippen LogP contribution >= 0.6 is 0 Å². The zero-order chi connectivity index (χ0) is 28.4. The summed E-state index contributed by atoms with van der Waals surface area (Å²) in [6.45, 7) is 27.0. The molecule has 12 aliphatic rings. The second kappa shape index (κ2) is 14.8. The molecule has 0 amide bonds. The highest BCUT2D eigenvalue weighted by molar-refractivity contribution is 5.21. The summed E-state index contributed by atoms with van der Waals surface area (Å²) in [4.78, 5) is 8.17. The van der Waals surface area contributed by atoms with Crippen LogP contribution in [0, 0.1) is 82.9 Å². The van der Waals surface area contributed by atoms with Crippen molar-refractivity contribution in [2.75, 3.05) is 58.9 Å². The van der Waals surface area contributed by atoms with Gasteiger partial charge in [0.25, 0.3) is 0 Å². The lowest BCUT2D eigenvalue weighted by atomic mass is 9.59. The Morgan fingerprint density at radius 1 is 0.545 bits per heavy atom. The van der Waals surface area contributed by atoms with Gasteiger partial charge < -0.3 is 14.7 Å². The zero-order valence-electron chi connectivity index (χ0n) is 27.8. The minimum absolute atomic E-state index is 0. The molecule has 9 saturated heterocycles. The van der Waals surface area contributed by atoms with Crippen LogP contribution in [0.25, 0.3) is 0 Å². The van der Waals surface area contributed by atoms with Gasteiger partial charge in [-0.2, -0.15) is 0 Å². The van der Waals surface area contributed by atoms with Crippen LogP contribution in [-0.2, 0) is 0 Å². The average Bonchev–Trinajstić information content (AvgIpc) is 2.87. The van der Waals surface area contributed by atoms with Gasteiger partial charge in [0, 0.05) is 58.9 Å². The van der Waals surface area contributed by atoms with Crippen molar-refractivity contribution in [3.05, 3.63) is 11.6 Å². The van der Waals surface area contributed by atoms with Crippen LogP contribution in [0.4, 0.5) is 0 Å². The summed E-state index contributed by atoms with van der Waals surface area (Å²) in [5.41, 5.74) is 1.83. The van der Waals surface area contributed by atoms with Crippen molar-refractivity contribution in [1.29, 1.82) is 0 Å². The van der Waals surface area contributed by atoms with Gasteiger partial charge in [0.2, 0.25) is 0 Å². The van der Waals surface area contributed by atoms with Gasteiger partial charge in [-0.25, -0.2) is 0 Å². The monoisotopic (exact) mass is 612 g/mol. The Bertz CT molecular complexity index is 846. The number of piperidine rings is 9. The molecule has 256 valence electrons. The predicted molar refractivity (Wildman–Crippen MR) is 193 cm³/mol. The van der Waals surface area contributed by atoms with Crippen molar-refractivity contribution >= 4 is 0 Å². The fourth-order valence-electron chi connectivity index (χ4n) is 12.9. The van der Waals surface area contributed by atoms with Gasteiger partial charge in [-0.05, 0) is 128 Å². The molecule has 0 radical (unpaired) electrons. The first-order valence-electron chi connectivity index (χ1n) is 18.6. The lowest BCUT2D eigenvalue weighted by Crippen LogP contribution is -2.58. The molecule has 3 saturated carbocycles. The van der Waals surface area contributed by atoms with Crippen LogP contribution in [0.5, 0.6) is 0 Å². The molecule has 9 heterocycles. The Morgan fingerprint density at radius 2 is 0.955 bits per heavy atom. The van der Waals surface area contributed by atoms with E-state index in [1.807, 2.05) is 5.57 Å². The molecule has 0 aromatic heterocycles. The first-order valence-corrected chi connectivity index (χ1v) is 18.6. The maximum atomic E-state index is 2.74. The predicted octanol–water partition coefficient (Wildman–Crippen LogP) is 9.30. The molecule has 9 aliphatic heterocycles. The number of rotatable bonds is 4. The lowest BCUT2D eigenvalue weighted by Gasteiger charge is -2.57. The highest BCUT2D eigenvalue weighted by atomic mass is 15.2. The summed E-state index contributed by atoms with van der Waals surface area (Å²) >= 11 is 0. The van der Waals surface area contributed by atoms with E-state index in [2.05, 4.69) is 62.3 Å². The Morgan fingerprint density at radius 3 is 1.34 bits per heavy atom. The fourth-order valence-corrected chi connectivity index (χ4v) is 12.9. The van der Waals surface area contributed by atoms with Gasteiger partial charge in [-0.3, -0.25) is 0 Å². The molecule has 44 heavy (non-hydrogen) atoms. The topological polar surface area (TPSA) is 9.72 Å². The van der Waals surface area contributed by atoms with E-state index in [1.165, 1.54) is 78.2 Å². The average molecular weight is 612 g/mol. The number of nitrogens with zero attached hydrogens (tertiary/aromatic N) is 3. The molecule has 3 heteroatoms. The van der Waals surface area contributed by atoms with Gasteiger partial charge in [-0.1, -0.05) is 75.5 Å². The summed E-state index contributed by atoms with van der Waals surface area (Å²) in [6, 6.07) is 0. The Balaban J connectivity index is 0.000000146. The Labute approximate surface area is 276 Å². The summed E-state index contributed by atoms with van der Waals surface area (Å²) in [5, 5.41) is 0. The van der Waals surface area contributed by atoms with E-state index in [0.717, 1.165) is 82.9 Å². The van der Waals surface area contributed by atoms with Crippen LogP contribution in [0.1, 0.15) is 109 Å². The first-order chi connectivity index (χ1) is 19.7. The standard InChI is InChI=1S/C13H23N.C13H21N.C12H21N.3CH4/c2*1-9(2)3-13-11-4-10-5-12(13)8-14(6-10)7-11;1-8(2)12-10-3-9-4-11(12)7-13(5-9)6-10;;;/h9-13H,3-8H2,1-2H3;3,9-12H,4-8H2,1-2H3;8-12H,3-7H2,1-2H3;3*1H4. The van der Waals surface area contributed by atoms with Crippen LogP contribution < -0.4 is 0 Å². The summed E-state index contributed by atoms with van der Waals surface area (Å²) in [6.07, 6.45) is 13.3. The number of hydrogen-bond acceptors (Lipinski definition) is 3. The molecule has 6 atom stereocenters. The molecule has 3 nitrogen and oxygen atoms in total. The molecule has 0 aromatic carbocycles.